The van der Waals surface area contributed by atoms with Gasteiger partial charge in [0, 0.05) is 17.8 Å². The molecule has 0 aliphatic rings. The smallest absolute Gasteiger partial charge is 0.326 e. The summed E-state index contributed by atoms with van der Waals surface area (Å²) >= 11 is 0. The van der Waals surface area contributed by atoms with E-state index in [9.17, 15) is 18.0 Å². The highest BCUT2D eigenvalue weighted by molar-refractivity contribution is 5.85. The second kappa shape index (κ2) is 6.12. The van der Waals surface area contributed by atoms with Crippen LogP contribution in [0.2, 0.25) is 0 Å². The van der Waals surface area contributed by atoms with Crippen LogP contribution in [0.25, 0.3) is 0 Å². The first-order valence-electron chi connectivity index (χ1n) is 3.86. The van der Waals surface area contributed by atoms with Gasteiger partial charge in [-0.1, -0.05) is 0 Å². The molecule has 0 aromatic carbocycles. The monoisotopic (exact) mass is 278 g/mol. The minimum atomic E-state index is -4.53. The lowest BCUT2D eigenvalue weighted by Gasteiger charge is -2.11. The van der Waals surface area contributed by atoms with Gasteiger partial charge >= 0.3 is 6.18 Å². The van der Waals surface area contributed by atoms with Crippen molar-refractivity contribution < 1.29 is 13.2 Å². The fourth-order valence-electron chi connectivity index (χ4n) is 1.17. The Labute approximate surface area is 102 Å². The zero-order valence-electron chi connectivity index (χ0n) is 8.22. The van der Waals surface area contributed by atoms with Crippen LogP contribution < -0.4 is 11.3 Å². The Hall–Kier alpha value is -0.720. The zero-order chi connectivity index (χ0) is 10.9. The van der Waals surface area contributed by atoms with Crippen molar-refractivity contribution in [3.8, 4) is 0 Å². The van der Waals surface area contributed by atoms with Crippen LogP contribution in [0.4, 0.5) is 13.2 Å². The number of hydrogen-bond acceptors (Lipinski definition) is 2. The van der Waals surface area contributed by atoms with Crippen LogP contribution in [0.15, 0.2) is 10.9 Å². The van der Waals surface area contributed by atoms with Crippen molar-refractivity contribution in [1.82, 2.24) is 4.98 Å². The molecular formula is C8H11Cl2F3N2O. The second-order valence-corrected chi connectivity index (χ2v) is 2.88. The molecule has 1 rings (SSSR count). The molecule has 0 radical (unpaired) electrons. The fraction of sp³-hybridized carbons (Fsp3) is 0.375. The Balaban J connectivity index is 0. The Kier molecular flexibility index (Phi) is 6.76. The molecule has 1 heterocycles. The summed E-state index contributed by atoms with van der Waals surface area (Å²) in [6, 6.07) is 0.879. The topological polar surface area (TPSA) is 58.9 Å². The number of nitrogens with two attached hydrogens (primary N) is 1. The van der Waals surface area contributed by atoms with Gasteiger partial charge < -0.3 is 10.7 Å². The van der Waals surface area contributed by atoms with E-state index < -0.39 is 29.4 Å². The number of rotatable bonds is 1. The van der Waals surface area contributed by atoms with Gasteiger partial charge in [0.25, 0.3) is 5.56 Å². The maximum absolute atomic E-state index is 12.4. The Morgan fingerprint density at radius 2 is 1.88 bits per heavy atom. The van der Waals surface area contributed by atoms with Crippen molar-refractivity contribution in [2.75, 3.05) is 0 Å². The highest BCUT2D eigenvalue weighted by Crippen LogP contribution is 2.30. The standard InChI is InChI=1S/C8H9F3N2O.2ClH/c1-4-2-6(8(9,10)11)5(3-12)7(14)13-4;;/h2H,3,12H2,1H3,(H,13,14);2*1H. The van der Waals surface area contributed by atoms with E-state index in [0.717, 1.165) is 6.07 Å². The summed E-state index contributed by atoms with van der Waals surface area (Å²) in [5, 5.41) is 0. The number of aryl methyl sites for hydroxylation is 1. The predicted molar refractivity (Wildman–Crippen MR) is 59.2 cm³/mol. The molecule has 0 spiro atoms. The number of hydrogen-bond donors (Lipinski definition) is 2. The highest BCUT2D eigenvalue weighted by Gasteiger charge is 2.34. The maximum atomic E-state index is 12.4. The molecule has 16 heavy (non-hydrogen) atoms. The molecule has 0 aliphatic heterocycles. The Morgan fingerprint density at radius 1 is 1.38 bits per heavy atom. The van der Waals surface area contributed by atoms with Crippen molar-refractivity contribution >= 4 is 24.8 Å². The number of H-pyrrole nitrogens is 1. The van der Waals surface area contributed by atoms with Gasteiger partial charge in [-0.25, -0.2) is 0 Å². The van der Waals surface area contributed by atoms with Crippen LogP contribution in [0.3, 0.4) is 0 Å². The van der Waals surface area contributed by atoms with E-state index in [1.807, 2.05) is 0 Å². The molecule has 0 fully saturated rings. The Bertz CT molecular complexity index is 403. The molecule has 1 aromatic heterocycles. The van der Waals surface area contributed by atoms with Crippen molar-refractivity contribution in [2.45, 2.75) is 19.6 Å². The molecule has 3 nitrogen and oxygen atoms in total. The first kappa shape index (κ1) is 17.7. The van der Waals surface area contributed by atoms with Gasteiger partial charge in [-0.3, -0.25) is 4.79 Å². The zero-order valence-corrected chi connectivity index (χ0v) is 9.85. The summed E-state index contributed by atoms with van der Waals surface area (Å²) in [4.78, 5) is 13.4. The summed E-state index contributed by atoms with van der Waals surface area (Å²) in [7, 11) is 0. The van der Waals surface area contributed by atoms with E-state index in [1.54, 1.807) is 0 Å². The molecule has 94 valence electrons. The molecule has 0 aliphatic carbocycles. The largest absolute Gasteiger partial charge is 0.416 e. The lowest BCUT2D eigenvalue weighted by molar-refractivity contribution is -0.138. The lowest BCUT2D eigenvalue weighted by atomic mass is 10.1. The number of aromatic amines is 1. The normalized spacial score (nSPS) is 10.3. The third kappa shape index (κ3) is 3.70. The summed E-state index contributed by atoms with van der Waals surface area (Å²) in [5.41, 5.74) is 3.08. The van der Waals surface area contributed by atoms with Crippen LogP contribution in [0.1, 0.15) is 16.8 Å². The van der Waals surface area contributed by atoms with Gasteiger partial charge in [-0.15, -0.1) is 24.8 Å². The van der Waals surface area contributed by atoms with E-state index in [4.69, 9.17) is 5.73 Å². The molecule has 3 N–H and O–H groups in total. The second-order valence-electron chi connectivity index (χ2n) is 2.88. The molecular weight excluding hydrogens is 268 g/mol. The SMILES string of the molecule is Cc1cc(C(F)(F)F)c(CN)c(=O)[nH]1.Cl.Cl. The third-order valence-corrected chi connectivity index (χ3v) is 1.78. The molecule has 0 amide bonds. The van der Waals surface area contributed by atoms with Gasteiger partial charge in [-0.2, -0.15) is 13.2 Å². The number of nitrogens with one attached hydrogen (secondary N) is 1. The third-order valence-electron chi connectivity index (χ3n) is 1.78. The van der Waals surface area contributed by atoms with E-state index >= 15 is 0 Å². The minimum absolute atomic E-state index is 0. The van der Waals surface area contributed by atoms with E-state index in [0.29, 0.717) is 0 Å². The van der Waals surface area contributed by atoms with E-state index in [1.165, 1.54) is 6.92 Å². The fourth-order valence-corrected chi connectivity index (χ4v) is 1.17. The molecule has 0 unspecified atom stereocenters. The molecule has 0 bridgehead atoms. The quantitative estimate of drug-likeness (QED) is 0.826. The van der Waals surface area contributed by atoms with Gasteiger partial charge in [0.05, 0.1) is 5.56 Å². The van der Waals surface area contributed by atoms with Crippen LogP contribution in [0.5, 0.6) is 0 Å². The maximum Gasteiger partial charge on any atom is 0.416 e. The number of aromatic nitrogens is 1. The predicted octanol–water partition coefficient (Wildman–Crippen LogP) is 2.00. The molecule has 8 heteroatoms. The Morgan fingerprint density at radius 3 is 2.25 bits per heavy atom. The number of pyridine rings is 1. The average molecular weight is 279 g/mol. The molecule has 0 saturated heterocycles. The van der Waals surface area contributed by atoms with Crippen LogP contribution in [0, 0.1) is 6.92 Å². The van der Waals surface area contributed by atoms with E-state index in [2.05, 4.69) is 4.98 Å². The van der Waals surface area contributed by atoms with Crippen molar-refractivity contribution in [1.29, 1.82) is 0 Å². The molecule has 1 aromatic rings. The summed E-state index contributed by atoms with van der Waals surface area (Å²) < 4.78 is 37.2. The van der Waals surface area contributed by atoms with Gasteiger partial charge in [-0.05, 0) is 13.0 Å². The van der Waals surface area contributed by atoms with Gasteiger partial charge in [0.2, 0.25) is 0 Å². The first-order valence-corrected chi connectivity index (χ1v) is 3.86. The lowest BCUT2D eigenvalue weighted by Crippen LogP contribution is -2.23. The summed E-state index contributed by atoms with van der Waals surface area (Å²) in [5.74, 6) is 0. The molecule has 0 atom stereocenters. The van der Waals surface area contributed by atoms with Gasteiger partial charge in [0.1, 0.15) is 0 Å². The van der Waals surface area contributed by atoms with Crippen molar-refractivity contribution in [3.05, 3.63) is 33.2 Å². The highest BCUT2D eigenvalue weighted by atomic mass is 35.5. The minimum Gasteiger partial charge on any atom is -0.326 e. The first-order chi connectivity index (χ1) is 6.36. The van der Waals surface area contributed by atoms with Crippen LogP contribution in [-0.4, -0.2) is 4.98 Å². The average Bonchev–Trinajstić information content (AvgIpc) is 2.01. The van der Waals surface area contributed by atoms with E-state index in [-0.39, 0.29) is 30.5 Å². The summed E-state index contributed by atoms with van der Waals surface area (Å²) in [6.07, 6.45) is -4.53. The molecule has 0 saturated carbocycles. The van der Waals surface area contributed by atoms with Crippen LogP contribution in [-0.2, 0) is 12.7 Å². The van der Waals surface area contributed by atoms with Crippen LogP contribution >= 0.6 is 24.8 Å². The summed E-state index contributed by atoms with van der Waals surface area (Å²) in [6.45, 7) is 0.960. The van der Waals surface area contributed by atoms with Crippen molar-refractivity contribution in [2.24, 2.45) is 5.73 Å². The van der Waals surface area contributed by atoms with Gasteiger partial charge in [0.15, 0.2) is 0 Å². The van der Waals surface area contributed by atoms with Crippen molar-refractivity contribution in [3.63, 3.8) is 0 Å². The number of halogens is 5. The number of alkyl halides is 3.